The molecular weight excluding hydrogens is 328 g/mol. The van der Waals surface area contributed by atoms with Gasteiger partial charge in [0.25, 0.3) is 0 Å². The number of carbonyl (C=O) groups excluding carboxylic acids is 1. The summed E-state index contributed by atoms with van der Waals surface area (Å²) in [6, 6.07) is 15.2. The second-order valence-corrected chi connectivity index (χ2v) is 5.90. The fraction of sp³-hybridized carbons (Fsp3) is 0.235. The largest absolute Gasteiger partial charge is 0.323 e. The summed E-state index contributed by atoms with van der Waals surface area (Å²) in [6.07, 6.45) is 1.03. The van der Waals surface area contributed by atoms with Crippen LogP contribution < -0.4 is 10.6 Å². The van der Waals surface area contributed by atoms with Crippen LogP contribution >= 0.6 is 15.9 Å². The number of benzene rings is 2. The lowest BCUT2D eigenvalue weighted by Gasteiger charge is -2.16. The van der Waals surface area contributed by atoms with Gasteiger partial charge in [-0.2, -0.15) is 0 Å². The van der Waals surface area contributed by atoms with Gasteiger partial charge in [-0.1, -0.05) is 48.0 Å². The molecule has 0 radical (unpaired) electrons. The van der Waals surface area contributed by atoms with Gasteiger partial charge in [-0.3, -0.25) is 0 Å². The lowest BCUT2D eigenvalue weighted by molar-refractivity contribution is 0.262. The quantitative estimate of drug-likeness (QED) is 0.742. The highest BCUT2D eigenvalue weighted by molar-refractivity contribution is 9.10. The number of hydrogen-bond acceptors (Lipinski definition) is 1. The predicted molar refractivity (Wildman–Crippen MR) is 91.9 cm³/mol. The summed E-state index contributed by atoms with van der Waals surface area (Å²) in [5.41, 5.74) is 2.78. The number of halogens is 1. The first-order chi connectivity index (χ1) is 10.1. The Morgan fingerprint density at radius 3 is 2.43 bits per heavy atom. The number of urea groups is 1. The molecule has 0 aliphatic heterocycles. The summed E-state index contributed by atoms with van der Waals surface area (Å²) in [4.78, 5) is 12.1. The van der Waals surface area contributed by atoms with Crippen LogP contribution in [-0.4, -0.2) is 6.03 Å². The van der Waals surface area contributed by atoms with Crippen LogP contribution in [0.3, 0.4) is 0 Å². The van der Waals surface area contributed by atoms with E-state index in [2.05, 4.69) is 46.5 Å². The molecule has 2 aromatic carbocycles. The van der Waals surface area contributed by atoms with E-state index in [1.54, 1.807) is 0 Å². The fourth-order valence-electron chi connectivity index (χ4n) is 2.08. The van der Waals surface area contributed by atoms with Crippen LogP contribution in [0, 0.1) is 0 Å². The van der Waals surface area contributed by atoms with Crippen LogP contribution in [0.5, 0.6) is 0 Å². The van der Waals surface area contributed by atoms with E-state index in [0.29, 0.717) is 5.92 Å². The highest BCUT2D eigenvalue weighted by Crippen LogP contribution is 2.26. The van der Waals surface area contributed by atoms with Crippen LogP contribution in [0.1, 0.15) is 31.7 Å². The van der Waals surface area contributed by atoms with Crippen molar-refractivity contribution < 1.29 is 4.79 Å². The predicted octanol–water partition coefficient (Wildman–Crippen LogP) is 5.61. The summed E-state index contributed by atoms with van der Waals surface area (Å²) in [5, 5.41) is 5.76. The third-order valence-electron chi connectivity index (χ3n) is 3.45. The molecule has 0 fully saturated rings. The van der Waals surface area contributed by atoms with Crippen LogP contribution in [0.2, 0.25) is 0 Å². The molecule has 110 valence electrons. The molecule has 2 amide bonds. The Balaban J connectivity index is 2.07. The second-order valence-electron chi connectivity index (χ2n) is 4.98. The Bertz CT molecular complexity index is 610. The van der Waals surface area contributed by atoms with Gasteiger partial charge >= 0.3 is 6.03 Å². The van der Waals surface area contributed by atoms with Gasteiger partial charge in [0.2, 0.25) is 0 Å². The van der Waals surface area contributed by atoms with Crippen molar-refractivity contribution in [1.29, 1.82) is 0 Å². The van der Waals surface area contributed by atoms with Gasteiger partial charge in [0, 0.05) is 15.8 Å². The molecule has 0 spiro atoms. The molecule has 2 rings (SSSR count). The summed E-state index contributed by atoms with van der Waals surface area (Å²) >= 11 is 3.37. The van der Waals surface area contributed by atoms with E-state index in [4.69, 9.17) is 0 Å². The van der Waals surface area contributed by atoms with Crippen molar-refractivity contribution in [2.75, 3.05) is 10.6 Å². The van der Waals surface area contributed by atoms with Crippen LogP contribution in [0.15, 0.2) is 53.0 Å². The topological polar surface area (TPSA) is 41.1 Å². The molecule has 0 saturated carbocycles. The minimum Gasteiger partial charge on any atom is -0.308 e. The average Bonchev–Trinajstić information content (AvgIpc) is 2.49. The van der Waals surface area contributed by atoms with E-state index in [-0.39, 0.29) is 6.03 Å². The first kappa shape index (κ1) is 15.6. The summed E-state index contributed by atoms with van der Waals surface area (Å²) in [6.45, 7) is 4.30. The van der Waals surface area contributed by atoms with Crippen molar-refractivity contribution in [3.05, 3.63) is 58.6 Å². The number of carbonyl (C=O) groups is 1. The van der Waals surface area contributed by atoms with E-state index in [1.165, 1.54) is 0 Å². The fourth-order valence-corrected chi connectivity index (χ4v) is 2.34. The van der Waals surface area contributed by atoms with E-state index < -0.39 is 0 Å². The third-order valence-corrected chi connectivity index (χ3v) is 3.98. The number of rotatable bonds is 4. The lowest BCUT2D eigenvalue weighted by Crippen LogP contribution is -2.20. The van der Waals surface area contributed by atoms with Crippen molar-refractivity contribution >= 4 is 33.3 Å². The van der Waals surface area contributed by atoms with Crippen molar-refractivity contribution in [2.45, 2.75) is 26.2 Å². The zero-order valence-corrected chi connectivity index (χ0v) is 13.8. The van der Waals surface area contributed by atoms with Crippen molar-refractivity contribution in [3.63, 3.8) is 0 Å². The molecule has 3 nitrogen and oxygen atoms in total. The monoisotopic (exact) mass is 346 g/mol. The van der Waals surface area contributed by atoms with E-state index in [1.807, 2.05) is 42.5 Å². The SMILES string of the molecule is CCC(C)c1ccccc1NC(=O)Nc1ccc(Br)cc1. The molecule has 0 saturated heterocycles. The highest BCUT2D eigenvalue weighted by atomic mass is 79.9. The molecule has 1 atom stereocenters. The van der Waals surface area contributed by atoms with E-state index in [9.17, 15) is 4.79 Å². The van der Waals surface area contributed by atoms with Crippen molar-refractivity contribution in [1.82, 2.24) is 0 Å². The summed E-state index contributed by atoms with van der Waals surface area (Å²) in [5.74, 6) is 0.411. The molecule has 0 aliphatic carbocycles. The standard InChI is InChI=1S/C17H19BrN2O/c1-3-12(2)15-6-4-5-7-16(15)20-17(21)19-14-10-8-13(18)9-11-14/h4-12H,3H2,1-2H3,(H2,19,20,21). The number of para-hydroxylation sites is 1. The Labute approximate surface area is 133 Å². The second kappa shape index (κ2) is 7.27. The lowest BCUT2D eigenvalue weighted by atomic mass is 9.97. The normalized spacial score (nSPS) is 11.8. The summed E-state index contributed by atoms with van der Waals surface area (Å²) < 4.78 is 0.982. The van der Waals surface area contributed by atoms with Gasteiger partial charge in [-0.15, -0.1) is 0 Å². The summed E-state index contributed by atoms with van der Waals surface area (Å²) in [7, 11) is 0. The maximum absolute atomic E-state index is 12.1. The molecule has 0 aromatic heterocycles. The smallest absolute Gasteiger partial charge is 0.308 e. The van der Waals surface area contributed by atoms with Crippen molar-refractivity contribution in [2.24, 2.45) is 0 Å². The maximum atomic E-state index is 12.1. The maximum Gasteiger partial charge on any atom is 0.323 e. The van der Waals surface area contributed by atoms with E-state index in [0.717, 1.165) is 27.8 Å². The van der Waals surface area contributed by atoms with Gasteiger partial charge in [-0.25, -0.2) is 4.79 Å². The molecular formula is C17H19BrN2O. The van der Waals surface area contributed by atoms with Gasteiger partial charge in [-0.05, 0) is 48.2 Å². The molecule has 0 aliphatic rings. The molecule has 0 heterocycles. The van der Waals surface area contributed by atoms with Gasteiger partial charge in [0.1, 0.15) is 0 Å². The number of hydrogen-bond donors (Lipinski definition) is 2. The molecule has 21 heavy (non-hydrogen) atoms. The molecule has 2 aromatic rings. The van der Waals surface area contributed by atoms with Gasteiger partial charge < -0.3 is 10.6 Å². The first-order valence-corrected chi connectivity index (χ1v) is 7.82. The minimum absolute atomic E-state index is 0.229. The minimum atomic E-state index is -0.229. The third kappa shape index (κ3) is 4.33. The zero-order valence-electron chi connectivity index (χ0n) is 12.2. The van der Waals surface area contributed by atoms with Crippen LogP contribution in [-0.2, 0) is 0 Å². The van der Waals surface area contributed by atoms with Gasteiger partial charge in [0.15, 0.2) is 0 Å². The Morgan fingerprint density at radius 2 is 1.76 bits per heavy atom. The number of amides is 2. The first-order valence-electron chi connectivity index (χ1n) is 7.02. The zero-order chi connectivity index (χ0) is 15.2. The van der Waals surface area contributed by atoms with Crippen LogP contribution in [0.4, 0.5) is 16.2 Å². The number of anilines is 2. The number of nitrogens with one attached hydrogen (secondary N) is 2. The molecule has 2 N–H and O–H groups in total. The Kier molecular flexibility index (Phi) is 5.39. The van der Waals surface area contributed by atoms with Crippen molar-refractivity contribution in [3.8, 4) is 0 Å². The molecule has 0 bridgehead atoms. The Hall–Kier alpha value is -1.81. The van der Waals surface area contributed by atoms with Gasteiger partial charge in [0.05, 0.1) is 0 Å². The average molecular weight is 347 g/mol. The van der Waals surface area contributed by atoms with E-state index >= 15 is 0 Å². The molecule has 1 unspecified atom stereocenters. The Morgan fingerprint density at radius 1 is 1.10 bits per heavy atom. The molecule has 4 heteroatoms. The van der Waals surface area contributed by atoms with Crippen LogP contribution in [0.25, 0.3) is 0 Å². The highest BCUT2D eigenvalue weighted by Gasteiger charge is 2.10.